The summed E-state index contributed by atoms with van der Waals surface area (Å²) in [7, 11) is -3.64. The normalized spacial score (nSPS) is 12.5. The summed E-state index contributed by atoms with van der Waals surface area (Å²) in [5.74, 6) is -0.404. The van der Waals surface area contributed by atoms with E-state index < -0.39 is 22.0 Å². The first kappa shape index (κ1) is 19.5. The van der Waals surface area contributed by atoms with Crippen LogP contribution in [0.25, 0.3) is 0 Å². The van der Waals surface area contributed by atoms with Gasteiger partial charge in [0.1, 0.15) is 6.04 Å². The Balaban J connectivity index is 2.40. The monoisotopic (exact) mass is 424 g/mol. The Bertz CT molecular complexity index is 897. The molecular formula is C18H21BrN2O3S. The van der Waals surface area contributed by atoms with E-state index in [1.54, 1.807) is 31.2 Å². The van der Waals surface area contributed by atoms with Gasteiger partial charge in [0.15, 0.2) is 0 Å². The molecule has 0 aliphatic heterocycles. The number of rotatable bonds is 5. The van der Waals surface area contributed by atoms with Crippen molar-refractivity contribution in [3.05, 3.63) is 58.1 Å². The van der Waals surface area contributed by atoms with Gasteiger partial charge < -0.3 is 5.32 Å². The Labute approximate surface area is 157 Å². The van der Waals surface area contributed by atoms with Crippen molar-refractivity contribution in [1.29, 1.82) is 0 Å². The molecule has 2 aromatic carbocycles. The molecule has 0 spiro atoms. The van der Waals surface area contributed by atoms with Crippen molar-refractivity contribution in [2.24, 2.45) is 0 Å². The number of hydrogen-bond acceptors (Lipinski definition) is 3. The third kappa shape index (κ3) is 4.61. The van der Waals surface area contributed by atoms with Gasteiger partial charge in [-0.05, 0) is 66.0 Å². The van der Waals surface area contributed by atoms with Crippen LogP contribution in [0.1, 0.15) is 18.1 Å². The van der Waals surface area contributed by atoms with Gasteiger partial charge in [-0.2, -0.15) is 0 Å². The molecule has 7 heteroatoms. The lowest BCUT2D eigenvalue weighted by Crippen LogP contribution is -2.45. The minimum Gasteiger partial charge on any atom is -0.323 e. The lowest BCUT2D eigenvalue weighted by molar-refractivity contribution is -0.116. The minimum atomic E-state index is -3.64. The Kier molecular flexibility index (Phi) is 5.90. The van der Waals surface area contributed by atoms with Crippen LogP contribution in [0.3, 0.4) is 0 Å². The zero-order chi connectivity index (χ0) is 18.8. The standard InChI is InChI=1S/C18H21BrN2O3S/c1-12-9-10-13(2)17(11-12)21(25(4,23)24)14(3)18(22)20-16-8-6-5-7-15(16)19/h5-11,14H,1-4H3,(H,20,22)/t14-/m0/s1. The Morgan fingerprint density at radius 3 is 2.40 bits per heavy atom. The number of carbonyl (C=O) groups is 1. The summed E-state index contributed by atoms with van der Waals surface area (Å²) >= 11 is 3.37. The fourth-order valence-corrected chi connectivity index (χ4v) is 4.15. The highest BCUT2D eigenvalue weighted by molar-refractivity contribution is 9.10. The summed E-state index contributed by atoms with van der Waals surface area (Å²) in [6.07, 6.45) is 1.11. The number of nitrogens with one attached hydrogen (secondary N) is 1. The molecule has 0 radical (unpaired) electrons. The van der Waals surface area contributed by atoms with Crippen molar-refractivity contribution < 1.29 is 13.2 Å². The molecule has 25 heavy (non-hydrogen) atoms. The highest BCUT2D eigenvalue weighted by Crippen LogP contribution is 2.27. The van der Waals surface area contributed by atoms with Gasteiger partial charge in [0.25, 0.3) is 0 Å². The molecule has 0 saturated carbocycles. The third-order valence-electron chi connectivity index (χ3n) is 3.82. The first-order valence-corrected chi connectivity index (χ1v) is 10.4. The van der Waals surface area contributed by atoms with Gasteiger partial charge in [0.2, 0.25) is 15.9 Å². The molecule has 2 rings (SSSR count). The molecule has 0 aliphatic rings. The number of nitrogens with zero attached hydrogens (tertiary/aromatic N) is 1. The second-order valence-corrected chi connectivity index (χ2v) is 8.71. The molecule has 0 heterocycles. The van der Waals surface area contributed by atoms with Crippen molar-refractivity contribution in [2.75, 3.05) is 15.9 Å². The number of amides is 1. The van der Waals surface area contributed by atoms with Gasteiger partial charge in [0, 0.05) is 4.47 Å². The molecule has 0 aromatic heterocycles. The molecule has 0 fully saturated rings. The van der Waals surface area contributed by atoms with Crippen LogP contribution in [0.15, 0.2) is 46.9 Å². The summed E-state index contributed by atoms with van der Waals surface area (Å²) in [6, 6.07) is 11.8. The number of carbonyl (C=O) groups excluding carboxylic acids is 1. The van der Waals surface area contributed by atoms with Crippen molar-refractivity contribution >= 4 is 43.2 Å². The molecule has 2 aromatic rings. The molecule has 134 valence electrons. The van der Waals surface area contributed by atoms with E-state index in [1.807, 2.05) is 32.0 Å². The van der Waals surface area contributed by atoms with E-state index in [9.17, 15) is 13.2 Å². The Morgan fingerprint density at radius 1 is 1.16 bits per heavy atom. The van der Waals surface area contributed by atoms with Crippen molar-refractivity contribution in [1.82, 2.24) is 0 Å². The molecule has 1 N–H and O–H groups in total. The maximum atomic E-state index is 12.7. The zero-order valence-corrected chi connectivity index (χ0v) is 17.0. The third-order valence-corrected chi connectivity index (χ3v) is 5.74. The average molecular weight is 425 g/mol. The van der Waals surface area contributed by atoms with Crippen molar-refractivity contribution in [2.45, 2.75) is 26.8 Å². The largest absolute Gasteiger partial charge is 0.323 e. The molecule has 0 saturated heterocycles. The number of benzene rings is 2. The second kappa shape index (κ2) is 7.58. The summed E-state index contributed by atoms with van der Waals surface area (Å²) in [5, 5.41) is 2.77. The molecule has 5 nitrogen and oxygen atoms in total. The molecule has 0 aliphatic carbocycles. The van der Waals surface area contributed by atoms with E-state index >= 15 is 0 Å². The molecule has 0 bridgehead atoms. The van der Waals surface area contributed by atoms with E-state index in [0.717, 1.165) is 21.9 Å². The van der Waals surface area contributed by atoms with Crippen LogP contribution in [0.2, 0.25) is 0 Å². The van der Waals surface area contributed by atoms with Crippen LogP contribution >= 0.6 is 15.9 Å². The average Bonchev–Trinajstić information content (AvgIpc) is 2.51. The van der Waals surface area contributed by atoms with E-state index in [-0.39, 0.29) is 0 Å². The van der Waals surface area contributed by atoms with Gasteiger partial charge in [-0.25, -0.2) is 8.42 Å². The number of anilines is 2. The van der Waals surface area contributed by atoms with Gasteiger partial charge in [0.05, 0.1) is 17.6 Å². The highest BCUT2D eigenvalue weighted by Gasteiger charge is 2.30. The second-order valence-electron chi connectivity index (χ2n) is 5.99. The predicted octanol–water partition coefficient (Wildman–Crippen LogP) is 3.86. The summed E-state index contributed by atoms with van der Waals surface area (Å²) in [5.41, 5.74) is 2.82. The van der Waals surface area contributed by atoms with E-state index in [2.05, 4.69) is 21.2 Å². The fourth-order valence-electron chi connectivity index (χ4n) is 2.54. The van der Waals surface area contributed by atoms with Gasteiger partial charge in [-0.3, -0.25) is 9.10 Å². The van der Waals surface area contributed by atoms with Crippen LogP contribution in [0.5, 0.6) is 0 Å². The van der Waals surface area contributed by atoms with Gasteiger partial charge >= 0.3 is 0 Å². The van der Waals surface area contributed by atoms with Gasteiger partial charge in [-0.15, -0.1) is 0 Å². The maximum Gasteiger partial charge on any atom is 0.248 e. The Hall–Kier alpha value is -1.86. The quantitative estimate of drug-likeness (QED) is 0.791. The smallest absolute Gasteiger partial charge is 0.248 e. The molecule has 0 unspecified atom stereocenters. The van der Waals surface area contributed by atoms with Crippen LogP contribution in [0, 0.1) is 13.8 Å². The van der Waals surface area contributed by atoms with E-state index in [4.69, 9.17) is 0 Å². The van der Waals surface area contributed by atoms with Crippen LogP contribution < -0.4 is 9.62 Å². The summed E-state index contributed by atoms with van der Waals surface area (Å²) in [4.78, 5) is 12.7. The maximum absolute atomic E-state index is 12.7. The van der Waals surface area contributed by atoms with Crippen molar-refractivity contribution in [3.8, 4) is 0 Å². The van der Waals surface area contributed by atoms with Crippen LogP contribution in [-0.2, 0) is 14.8 Å². The highest BCUT2D eigenvalue weighted by atomic mass is 79.9. The number of halogens is 1. The van der Waals surface area contributed by atoms with Crippen LogP contribution in [0.4, 0.5) is 11.4 Å². The molecular weight excluding hydrogens is 404 g/mol. The predicted molar refractivity (Wildman–Crippen MR) is 105 cm³/mol. The number of sulfonamides is 1. The topological polar surface area (TPSA) is 66.5 Å². The van der Waals surface area contributed by atoms with E-state index in [1.165, 1.54) is 4.31 Å². The Morgan fingerprint density at radius 2 is 1.80 bits per heavy atom. The lowest BCUT2D eigenvalue weighted by atomic mass is 10.1. The molecule has 1 amide bonds. The first-order valence-electron chi connectivity index (χ1n) is 7.73. The molecule has 1 atom stereocenters. The lowest BCUT2D eigenvalue weighted by Gasteiger charge is -2.29. The summed E-state index contributed by atoms with van der Waals surface area (Å²) < 4.78 is 26.7. The number of para-hydroxylation sites is 1. The number of aryl methyl sites for hydroxylation is 2. The van der Waals surface area contributed by atoms with Crippen molar-refractivity contribution in [3.63, 3.8) is 0 Å². The first-order chi connectivity index (χ1) is 11.6. The van der Waals surface area contributed by atoms with Crippen LogP contribution in [-0.4, -0.2) is 26.6 Å². The van der Waals surface area contributed by atoms with E-state index in [0.29, 0.717) is 11.4 Å². The minimum absolute atomic E-state index is 0.404. The fraction of sp³-hybridized carbons (Fsp3) is 0.278. The SMILES string of the molecule is Cc1ccc(C)c(N([C@@H](C)C(=O)Nc2ccccc2Br)S(C)(=O)=O)c1. The summed E-state index contributed by atoms with van der Waals surface area (Å²) in [6.45, 7) is 5.29. The zero-order valence-electron chi connectivity index (χ0n) is 14.6. The van der Waals surface area contributed by atoms with Gasteiger partial charge in [-0.1, -0.05) is 24.3 Å². The number of hydrogen-bond donors (Lipinski definition) is 1.